The van der Waals surface area contributed by atoms with Crippen molar-refractivity contribution in [2.45, 2.75) is 43.4 Å². The summed E-state index contributed by atoms with van der Waals surface area (Å²) >= 11 is 0. The molecule has 3 heterocycles. The molecule has 0 bridgehead atoms. The third-order valence-corrected chi connectivity index (χ3v) is 6.04. The number of hydrogen-bond donors (Lipinski definition) is 3. The third kappa shape index (κ3) is 4.11. The molecule has 0 aromatic heterocycles. The van der Waals surface area contributed by atoms with Gasteiger partial charge in [-0.15, -0.1) is 0 Å². The molecule has 1 aromatic carbocycles. The van der Waals surface area contributed by atoms with Crippen LogP contribution in [0.15, 0.2) is 24.3 Å². The monoisotopic (exact) mass is 374 g/mol. The molecule has 0 radical (unpaired) electrons. The molecule has 1 spiro atoms. The first-order valence-corrected chi connectivity index (χ1v) is 9.97. The normalized spacial score (nSPS) is 27.1. The first-order valence-electron chi connectivity index (χ1n) is 9.97. The molecule has 0 saturated carbocycles. The van der Waals surface area contributed by atoms with Gasteiger partial charge in [0.15, 0.2) is 0 Å². The van der Waals surface area contributed by atoms with E-state index in [1.165, 1.54) is 0 Å². The number of carbonyl (C=O) groups excluding carboxylic acids is 1. The molecule has 2 fully saturated rings. The minimum atomic E-state index is -0.197. The second-order valence-corrected chi connectivity index (χ2v) is 7.84. The molecule has 2 atom stereocenters. The maximum atomic E-state index is 12.7. The Morgan fingerprint density at radius 3 is 2.93 bits per heavy atom. The van der Waals surface area contributed by atoms with Crippen molar-refractivity contribution in [3.05, 3.63) is 29.8 Å². The van der Waals surface area contributed by atoms with Crippen molar-refractivity contribution in [2.75, 3.05) is 39.9 Å². The molecule has 7 nitrogen and oxygen atoms in total. The lowest BCUT2D eigenvalue weighted by atomic mass is 9.80. The van der Waals surface area contributed by atoms with Gasteiger partial charge in [-0.2, -0.15) is 0 Å². The highest BCUT2D eigenvalue weighted by Crippen LogP contribution is 2.44. The highest BCUT2D eigenvalue weighted by Gasteiger charge is 2.44. The first kappa shape index (κ1) is 18.7. The van der Waals surface area contributed by atoms with Gasteiger partial charge in [-0.25, -0.2) is 5.43 Å². The summed E-state index contributed by atoms with van der Waals surface area (Å²) in [6.07, 6.45) is 3.59. The molecule has 7 heteroatoms. The lowest BCUT2D eigenvalue weighted by molar-refractivity contribution is -0.124. The number of rotatable bonds is 5. The molecule has 2 unspecified atom stereocenters. The summed E-state index contributed by atoms with van der Waals surface area (Å²) in [5.74, 6) is 0.978. The van der Waals surface area contributed by atoms with E-state index in [2.05, 4.69) is 27.1 Å². The van der Waals surface area contributed by atoms with Gasteiger partial charge in [-0.1, -0.05) is 18.2 Å². The van der Waals surface area contributed by atoms with Gasteiger partial charge in [0.05, 0.1) is 12.6 Å². The Morgan fingerprint density at radius 2 is 2.19 bits per heavy atom. The van der Waals surface area contributed by atoms with Crippen molar-refractivity contribution in [1.29, 1.82) is 0 Å². The number of nitrogens with zero attached hydrogens (tertiary/aromatic N) is 1. The smallest absolute Gasteiger partial charge is 0.239 e. The topological polar surface area (TPSA) is 74.9 Å². The molecule has 1 aromatic rings. The van der Waals surface area contributed by atoms with E-state index in [0.717, 1.165) is 69.8 Å². The molecule has 3 aliphatic heterocycles. The van der Waals surface area contributed by atoms with Gasteiger partial charge in [-0.05, 0) is 25.3 Å². The highest BCUT2D eigenvalue weighted by molar-refractivity contribution is 5.82. The Balaban J connectivity index is 1.47. The zero-order valence-corrected chi connectivity index (χ0v) is 16.0. The van der Waals surface area contributed by atoms with Crippen molar-refractivity contribution in [3.63, 3.8) is 0 Å². The van der Waals surface area contributed by atoms with Crippen LogP contribution in [-0.2, 0) is 9.53 Å². The van der Waals surface area contributed by atoms with Crippen LogP contribution in [0.5, 0.6) is 5.75 Å². The Morgan fingerprint density at radius 1 is 1.37 bits per heavy atom. The number of nitrogens with one attached hydrogen (secondary N) is 3. The van der Waals surface area contributed by atoms with Crippen LogP contribution in [0, 0.1) is 0 Å². The van der Waals surface area contributed by atoms with Crippen LogP contribution >= 0.6 is 0 Å². The second-order valence-electron chi connectivity index (χ2n) is 7.84. The summed E-state index contributed by atoms with van der Waals surface area (Å²) < 4.78 is 11.7. The Bertz CT molecular complexity index is 654. The number of hydrogen-bond acceptors (Lipinski definition) is 6. The molecule has 4 rings (SSSR count). The number of carbonyl (C=O) groups is 1. The predicted molar refractivity (Wildman–Crippen MR) is 102 cm³/mol. The van der Waals surface area contributed by atoms with Gasteiger partial charge in [-0.3, -0.25) is 10.2 Å². The molecule has 3 N–H and O–H groups in total. The van der Waals surface area contributed by atoms with E-state index in [-0.39, 0.29) is 23.6 Å². The quantitative estimate of drug-likeness (QED) is 0.713. The number of amides is 1. The average Bonchev–Trinajstić information content (AvgIpc) is 3.23. The van der Waals surface area contributed by atoms with Crippen LogP contribution < -0.4 is 20.9 Å². The fraction of sp³-hybridized carbons (Fsp3) is 0.650. The van der Waals surface area contributed by atoms with Crippen LogP contribution in [0.3, 0.4) is 0 Å². The number of ether oxygens (including phenoxy) is 2. The number of benzene rings is 1. The van der Waals surface area contributed by atoms with Crippen LogP contribution in [0.1, 0.15) is 37.3 Å². The maximum absolute atomic E-state index is 12.7. The summed E-state index contributed by atoms with van der Waals surface area (Å²) in [6, 6.07) is 7.96. The Kier molecular flexibility index (Phi) is 5.63. The van der Waals surface area contributed by atoms with Crippen molar-refractivity contribution >= 4 is 5.91 Å². The minimum absolute atomic E-state index is 0.00428. The second kappa shape index (κ2) is 8.14. The zero-order chi connectivity index (χ0) is 18.7. The Hall–Kier alpha value is -1.67. The number of fused-ring (bicyclic) bond motifs is 1. The summed E-state index contributed by atoms with van der Waals surface area (Å²) in [7, 11) is 1.74. The van der Waals surface area contributed by atoms with E-state index in [9.17, 15) is 4.79 Å². The van der Waals surface area contributed by atoms with Crippen molar-refractivity contribution in [3.8, 4) is 5.75 Å². The third-order valence-electron chi connectivity index (χ3n) is 6.04. The van der Waals surface area contributed by atoms with Gasteiger partial charge in [0, 0.05) is 45.3 Å². The molecule has 1 amide bonds. The molecular weight excluding hydrogens is 344 g/mol. The molecule has 0 aliphatic carbocycles. The van der Waals surface area contributed by atoms with Gasteiger partial charge >= 0.3 is 0 Å². The number of likely N-dealkylation sites (tertiary alicyclic amines) is 1. The number of para-hydroxylation sites is 1. The van der Waals surface area contributed by atoms with Gasteiger partial charge in [0.1, 0.15) is 17.4 Å². The summed E-state index contributed by atoms with van der Waals surface area (Å²) in [5.41, 5.74) is 6.98. The maximum Gasteiger partial charge on any atom is 0.239 e. The Labute approximate surface area is 160 Å². The largest absolute Gasteiger partial charge is 0.487 e. The molecular formula is C20H30N4O3. The number of hydrazine groups is 1. The van der Waals surface area contributed by atoms with Crippen LogP contribution in [0.4, 0.5) is 0 Å². The van der Waals surface area contributed by atoms with E-state index in [0.29, 0.717) is 0 Å². The number of methoxy groups -OCH3 is 1. The predicted octanol–water partition coefficient (Wildman–Crippen LogP) is 0.974. The average molecular weight is 374 g/mol. The standard InChI is InChI=1S/C20H30N4O3/c1-26-13-12-24-10-7-20(8-11-24)14-17(15-4-2-3-5-18(15)27-20)22-19(25)16-6-9-21-23-16/h2-5,16-17,21,23H,6-14H2,1H3,(H,22,25). The van der Waals surface area contributed by atoms with Gasteiger partial charge in [0.25, 0.3) is 0 Å². The fourth-order valence-electron chi connectivity index (χ4n) is 4.41. The molecule has 2 saturated heterocycles. The molecule has 27 heavy (non-hydrogen) atoms. The summed E-state index contributed by atoms with van der Waals surface area (Å²) in [4.78, 5) is 15.1. The van der Waals surface area contributed by atoms with Gasteiger partial charge < -0.3 is 19.7 Å². The van der Waals surface area contributed by atoms with Crippen LogP contribution in [-0.4, -0.2) is 62.3 Å². The summed E-state index contributed by atoms with van der Waals surface area (Å²) in [6.45, 7) is 4.55. The van der Waals surface area contributed by atoms with Gasteiger partial charge in [0.2, 0.25) is 5.91 Å². The van der Waals surface area contributed by atoms with Crippen molar-refractivity contribution in [2.24, 2.45) is 0 Å². The molecule has 3 aliphatic rings. The van der Waals surface area contributed by atoms with Crippen LogP contribution in [0.25, 0.3) is 0 Å². The number of piperidine rings is 1. The minimum Gasteiger partial charge on any atom is -0.487 e. The van der Waals surface area contributed by atoms with E-state index in [1.54, 1.807) is 7.11 Å². The first-order chi connectivity index (χ1) is 13.2. The van der Waals surface area contributed by atoms with Crippen molar-refractivity contribution in [1.82, 2.24) is 21.1 Å². The van der Waals surface area contributed by atoms with E-state index >= 15 is 0 Å². The lowest BCUT2D eigenvalue weighted by Crippen LogP contribution is -2.53. The van der Waals surface area contributed by atoms with E-state index in [1.807, 2.05) is 18.2 Å². The zero-order valence-electron chi connectivity index (χ0n) is 16.0. The van der Waals surface area contributed by atoms with E-state index < -0.39 is 0 Å². The van der Waals surface area contributed by atoms with Crippen LogP contribution in [0.2, 0.25) is 0 Å². The van der Waals surface area contributed by atoms with E-state index in [4.69, 9.17) is 9.47 Å². The molecule has 148 valence electrons. The summed E-state index contributed by atoms with van der Waals surface area (Å²) in [5, 5.41) is 3.28. The lowest BCUT2D eigenvalue weighted by Gasteiger charge is -2.47. The SMILES string of the molecule is COCCN1CCC2(CC1)CC(NC(=O)C1CCNN1)c1ccccc1O2. The van der Waals surface area contributed by atoms with Crippen molar-refractivity contribution < 1.29 is 14.3 Å². The highest BCUT2D eigenvalue weighted by atomic mass is 16.5. The fourth-order valence-corrected chi connectivity index (χ4v) is 4.41.